The van der Waals surface area contributed by atoms with Gasteiger partial charge in [0.25, 0.3) is 0 Å². The fourth-order valence-corrected chi connectivity index (χ4v) is 6.99. The van der Waals surface area contributed by atoms with Gasteiger partial charge in [0.15, 0.2) is 0 Å². The minimum absolute atomic E-state index is 0.0522. The predicted molar refractivity (Wildman–Crippen MR) is 180 cm³/mol. The molecule has 1 aliphatic carbocycles. The van der Waals surface area contributed by atoms with Crippen molar-refractivity contribution in [3.63, 3.8) is 0 Å². The van der Waals surface area contributed by atoms with Crippen LogP contribution in [0.4, 0.5) is 18.0 Å². The van der Waals surface area contributed by atoms with E-state index in [9.17, 15) is 37.5 Å². The first kappa shape index (κ1) is 37.8. The highest BCUT2D eigenvalue weighted by Gasteiger charge is 2.51. The summed E-state index contributed by atoms with van der Waals surface area (Å²) in [7, 11) is 0. The maximum absolute atomic E-state index is 14.5. The summed E-state index contributed by atoms with van der Waals surface area (Å²) < 4.78 is 42.4. The molecule has 1 aliphatic rings. The Morgan fingerprint density at radius 1 is 1.10 bits per heavy atom. The monoisotopic (exact) mass is 725 g/mol. The second-order valence-corrected chi connectivity index (χ2v) is 13.8. The minimum atomic E-state index is -4.77. The molecular formula is C34H40Cl2F3N5O5. The summed E-state index contributed by atoms with van der Waals surface area (Å²) in [5.74, 6) is -6.78. The molecule has 2 aromatic carbocycles. The number of hydrogen-bond donors (Lipinski definition) is 5. The van der Waals surface area contributed by atoms with E-state index in [0.29, 0.717) is 49.1 Å². The zero-order chi connectivity index (χ0) is 36.4. The molecule has 0 saturated carbocycles. The molecule has 0 spiro atoms. The first-order valence-corrected chi connectivity index (χ1v) is 16.7. The van der Waals surface area contributed by atoms with Crippen molar-refractivity contribution in [2.75, 3.05) is 0 Å². The molecule has 6 atom stereocenters. The number of amides is 4. The number of primary amides is 1. The number of hydrogen-bond acceptors (Lipinski definition) is 4. The van der Waals surface area contributed by atoms with Crippen molar-refractivity contribution in [1.82, 2.24) is 20.5 Å². The SMILES string of the molecule is CC[C@H](C)[C@H](NC(=O)[C@@]1(NC(=O)C(C(C)C(C)C(F)(F)F)N(Cc2ccccc2)C(=O)O)CCc2[nH]c3c(Cl)cc(Cl)cc3c2C1)C(N)=O. The Balaban J connectivity index is 1.85. The number of rotatable bonds is 12. The molecular weight excluding hydrogens is 686 g/mol. The molecule has 0 aliphatic heterocycles. The van der Waals surface area contributed by atoms with Crippen LogP contribution in [0.1, 0.15) is 57.4 Å². The summed E-state index contributed by atoms with van der Waals surface area (Å²) >= 11 is 12.8. The number of nitrogens with zero attached hydrogens (tertiary/aromatic N) is 1. The molecule has 3 unspecified atom stereocenters. The zero-order valence-electron chi connectivity index (χ0n) is 27.5. The number of aromatic nitrogens is 1. The Morgan fingerprint density at radius 2 is 1.76 bits per heavy atom. The van der Waals surface area contributed by atoms with Crippen molar-refractivity contribution in [3.8, 4) is 0 Å². The van der Waals surface area contributed by atoms with Gasteiger partial charge in [-0.25, -0.2) is 4.79 Å². The zero-order valence-corrected chi connectivity index (χ0v) is 29.0. The Hall–Kier alpha value is -3.97. The quantitative estimate of drug-likeness (QED) is 0.150. The smallest absolute Gasteiger partial charge is 0.408 e. The first-order chi connectivity index (χ1) is 22.9. The molecule has 4 rings (SSSR count). The summed E-state index contributed by atoms with van der Waals surface area (Å²) in [5.41, 5.74) is 6.08. The fraction of sp³-hybridized carbons (Fsp3) is 0.471. The van der Waals surface area contributed by atoms with Crippen molar-refractivity contribution in [2.45, 2.75) is 83.7 Å². The maximum Gasteiger partial charge on any atom is 0.408 e. The lowest BCUT2D eigenvalue weighted by atomic mass is 9.77. The molecule has 266 valence electrons. The highest BCUT2D eigenvalue weighted by Crippen LogP contribution is 2.40. The van der Waals surface area contributed by atoms with Crippen LogP contribution in [0.3, 0.4) is 0 Å². The largest absolute Gasteiger partial charge is 0.465 e. The molecule has 1 aromatic heterocycles. The number of carbonyl (C=O) groups excluding carboxylic acids is 3. The predicted octanol–water partition coefficient (Wildman–Crippen LogP) is 6.22. The molecule has 10 nitrogen and oxygen atoms in total. The van der Waals surface area contributed by atoms with Crippen LogP contribution in [0.15, 0.2) is 42.5 Å². The number of carbonyl (C=O) groups is 4. The standard InChI is InChI=1S/C34H40Cl2F3N5O5/c1-5-17(2)26(29(40)45)42-31(47)33(12-11-25-23(15-33)22-13-21(35)14-24(36)27(22)41-25)43-30(46)28(18(3)19(4)34(37,38)39)44(32(48)49)16-20-9-7-6-8-10-20/h6-10,13-14,17-19,26,28,41H,5,11-12,15-16H2,1-4H3,(H2,40,45)(H,42,47)(H,43,46)(H,48,49)/t17-,18?,19?,26-,28?,33+/m0/s1. The third-order valence-electron chi connectivity index (χ3n) is 9.75. The van der Waals surface area contributed by atoms with Gasteiger partial charge >= 0.3 is 12.3 Å². The number of alkyl halides is 3. The Kier molecular flexibility index (Phi) is 11.5. The van der Waals surface area contributed by atoms with Gasteiger partial charge in [-0.3, -0.25) is 19.3 Å². The lowest BCUT2D eigenvalue weighted by Crippen LogP contribution is -2.67. The lowest BCUT2D eigenvalue weighted by molar-refractivity contribution is -0.188. The van der Waals surface area contributed by atoms with Gasteiger partial charge < -0.3 is 26.5 Å². The maximum atomic E-state index is 14.5. The van der Waals surface area contributed by atoms with Crippen LogP contribution in [-0.4, -0.2) is 62.6 Å². The van der Waals surface area contributed by atoms with E-state index < -0.39 is 71.9 Å². The Morgan fingerprint density at radius 3 is 2.33 bits per heavy atom. The molecule has 4 amide bonds. The van der Waals surface area contributed by atoms with E-state index in [1.807, 2.05) is 0 Å². The topological polar surface area (TPSA) is 158 Å². The highest BCUT2D eigenvalue weighted by molar-refractivity contribution is 6.38. The highest BCUT2D eigenvalue weighted by atomic mass is 35.5. The van der Waals surface area contributed by atoms with Crippen LogP contribution in [0.5, 0.6) is 0 Å². The molecule has 0 bridgehead atoms. The van der Waals surface area contributed by atoms with Crippen LogP contribution >= 0.6 is 23.2 Å². The number of nitrogens with one attached hydrogen (secondary N) is 3. The minimum Gasteiger partial charge on any atom is -0.465 e. The molecule has 49 heavy (non-hydrogen) atoms. The molecule has 0 saturated heterocycles. The van der Waals surface area contributed by atoms with Gasteiger partial charge in [0.05, 0.1) is 16.5 Å². The van der Waals surface area contributed by atoms with Crippen LogP contribution < -0.4 is 16.4 Å². The van der Waals surface area contributed by atoms with Crippen molar-refractivity contribution in [1.29, 1.82) is 0 Å². The van der Waals surface area contributed by atoms with E-state index in [-0.39, 0.29) is 19.3 Å². The number of halogens is 5. The van der Waals surface area contributed by atoms with Crippen LogP contribution in [-0.2, 0) is 33.8 Å². The Labute approximate surface area is 291 Å². The van der Waals surface area contributed by atoms with Crippen molar-refractivity contribution >= 4 is 57.9 Å². The van der Waals surface area contributed by atoms with Gasteiger partial charge in [0.2, 0.25) is 17.7 Å². The molecule has 0 fully saturated rings. The summed E-state index contributed by atoms with van der Waals surface area (Å²) in [6.07, 6.45) is -5.97. The van der Waals surface area contributed by atoms with Gasteiger partial charge in [-0.1, -0.05) is 87.6 Å². The summed E-state index contributed by atoms with van der Waals surface area (Å²) in [4.78, 5) is 57.9. The molecule has 3 aromatic rings. The average Bonchev–Trinajstić information content (AvgIpc) is 3.39. The van der Waals surface area contributed by atoms with Crippen molar-refractivity contribution in [2.24, 2.45) is 23.5 Å². The average molecular weight is 727 g/mol. The lowest BCUT2D eigenvalue weighted by Gasteiger charge is -2.42. The van der Waals surface area contributed by atoms with E-state index in [2.05, 4.69) is 15.6 Å². The van der Waals surface area contributed by atoms with Gasteiger partial charge in [-0.15, -0.1) is 0 Å². The van der Waals surface area contributed by atoms with Crippen LogP contribution in [0.25, 0.3) is 10.9 Å². The van der Waals surface area contributed by atoms with Gasteiger partial charge in [0.1, 0.15) is 17.6 Å². The summed E-state index contributed by atoms with van der Waals surface area (Å²) in [5, 5.41) is 16.9. The van der Waals surface area contributed by atoms with Crippen molar-refractivity contribution in [3.05, 3.63) is 69.3 Å². The number of aromatic amines is 1. The van der Waals surface area contributed by atoms with Gasteiger partial charge in [0, 0.05) is 29.1 Å². The third kappa shape index (κ3) is 8.09. The van der Waals surface area contributed by atoms with E-state index >= 15 is 0 Å². The first-order valence-electron chi connectivity index (χ1n) is 15.9. The number of fused-ring (bicyclic) bond motifs is 3. The second kappa shape index (κ2) is 14.9. The van der Waals surface area contributed by atoms with Gasteiger partial charge in [-0.2, -0.15) is 13.2 Å². The van der Waals surface area contributed by atoms with Gasteiger partial charge in [-0.05, 0) is 47.9 Å². The molecule has 15 heteroatoms. The normalized spacial score (nSPS) is 19.2. The van der Waals surface area contributed by atoms with E-state index in [4.69, 9.17) is 28.9 Å². The third-order valence-corrected chi connectivity index (χ3v) is 10.3. The van der Waals surface area contributed by atoms with E-state index in [1.165, 1.54) is 0 Å². The number of benzene rings is 2. The Bertz CT molecular complexity index is 1720. The number of aryl methyl sites for hydroxylation is 1. The molecule has 0 radical (unpaired) electrons. The number of carboxylic acid groups (broad SMARTS) is 1. The van der Waals surface area contributed by atoms with Crippen molar-refractivity contribution < 1.29 is 37.5 Å². The summed E-state index contributed by atoms with van der Waals surface area (Å²) in [6, 6.07) is 8.31. The van der Waals surface area contributed by atoms with E-state index in [0.717, 1.165) is 13.8 Å². The number of H-pyrrole nitrogens is 1. The van der Waals surface area contributed by atoms with Crippen LogP contribution in [0.2, 0.25) is 10.0 Å². The number of nitrogens with two attached hydrogens (primary N) is 1. The molecule has 1 heterocycles. The van der Waals surface area contributed by atoms with Crippen LogP contribution in [0, 0.1) is 17.8 Å². The van der Waals surface area contributed by atoms with E-state index in [1.54, 1.807) is 56.3 Å². The summed E-state index contributed by atoms with van der Waals surface area (Å²) in [6.45, 7) is 5.16. The fourth-order valence-electron chi connectivity index (χ4n) is 6.45. The molecule has 6 N–H and O–H groups in total. The second-order valence-electron chi connectivity index (χ2n) is 12.9.